The van der Waals surface area contributed by atoms with E-state index in [2.05, 4.69) is 10.2 Å². The molecule has 13 nitrogen and oxygen atoms in total. The van der Waals surface area contributed by atoms with Crippen LogP contribution in [0.15, 0.2) is 12.1 Å². The van der Waals surface area contributed by atoms with E-state index >= 15 is 0 Å². The third-order valence-corrected chi connectivity index (χ3v) is 8.82. The summed E-state index contributed by atoms with van der Waals surface area (Å²) in [6.07, 6.45) is -0.247. The Morgan fingerprint density at radius 2 is 1.77 bits per heavy atom. The summed E-state index contributed by atoms with van der Waals surface area (Å²) in [7, 11) is 6.48. The van der Waals surface area contributed by atoms with E-state index in [1.54, 1.807) is 33.9 Å². The second kappa shape index (κ2) is 13.4. The lowest BCUT2D eigenvalue weighted by molar-refractivity contribution is -0.149. The summed E-state index contributed by atoms with van der Waals surface area (Å²) in [5, 5.41) is 2.69. The summed E-state index contributed by atoms with van der Waals surface area (Å²) in [6.45, 7) is 9.43. The number of likely N-dealkylation sites (N-methyl/N-ethyl adjacent to an activating group) is 1. The number of alkyl carbamates (subject to hydrolysis) is 1. The molecule has 47 heavy (non-hydrogen) atoms. The number of nitrogens with zero attached hydrogens (tertiary/aromatic N) is 1. The standard InChI is InChI=1S/C34H44N2O11/c1-10-17(2)24(35-33(39)47-34(3,4)5)32(38)43-15-20-18-13-14-36(6)25(22(18)29(42-9)30-27(20)44-16-45-30)26-19-11-12-21(40-7)28(41-8)23(19)31(37)46-26/h11-12,17,24-26H,10,13-16H2,1-9H3,(H,35,39). The zero-order valence-electron chi connectivity index (χ0n) is 28.4. The predicted octanol–water partition coefficient (Wildman–Crippen LogP) is 4.86. The van der Waals surface area contributed by atoms with Gasteiger partial charge in [-0.25, -0.2) is 14.4 Å². The maximum Gasteiger partial charge on any atom is 0.408 e. The Morgan fingerprint density at radius 1 is 1.06 bits per heavy atom. The van der Waals surface area contributed by atoms with Crippen LogP contribution in [0, 0.1) is 5.92 Å². The highest BCUT2D eigenvalue weighted by Crippen LogP contribution is 2.57. The van der Waals surface area contributed by atoms with E-state index in [0.29, 0.717) is 64.8 Å². The Morgan fingerprint density at radius 3 is 2.40 bits per heavy atom. The van der Waals surface area contributed by atoms with Crippen LogP contribution in [0.4, 0.5) is 4.79 Å². The van der Waals surface area contributed by atoms with Gasteiger partial charge in [-0.1, -0.05) is 26.3 Å². The van der Waals surface area contributed by atoms with Crippen molar-refractivity contribution in [1.82, 2.24) is 10.2 Å². The molecule has 0 radical (unpaired) electrons. The van der Waals surface area contributed by atoms with Crippen molar-refractivity contribution in [3.05, 3.63) is 39.9 Å². The van der Waals surface area contributed by atoms with E-state index < -0.39 is 41.8 Å². The molecule has 0 saturated carbocycles. The minimum absolute atomic E-state index is 0.0516. The highest BCUT2D eigenvalue weighted by Gasteiger charge is 2.47. The lowest BCUT2D eigenvalue weighted by Gasteiger charge is -2.39. The van der Waals surface area contributed by atoms with Gasteiger partial charge in [0.1, 0.15) is 29.9 Å². The molecule has 2 aromatic rings. The average Bonchev–Trinajstić information content (AvgIpc) is 3.64. The molecule has 5 rings (SSSR count). The summed E-state index contributed by atoms with van der Waals surface area (Å²) in [5.41, 5.74) is 2.42. The minimum Gasteiger partial charge on any atom is -0.493 e. The molecule has 3 aliphatic heterocycles. The van der Waals surface area contributed by atoms with Crippen LogP contribution in [0.25, 0.3) is 0 Å². The molecule has 0 spiro atoms. The van der Waals surface area contributed by atoms with Gasteiger partial charge in [-0.05, 0) is 51.8 Å². The van der Waals surface area contributed by atoms with Gasteiger partial charge in [0.2, 0.25) is 12.5 Å². The molecule has 3 heterocycles. The van der Waals surface area contributed by atoms with E-state index in [9.17, 15) is 14.4 Å². The molecule has 0 aromatic heterocycles. The van der Waals surface area contributed by atoms with Crippen molar-refractivity contribution in [1.29, 1.82) is 0 Å². The number of hydrogen-bond donors (Lipinski definition) is 1. The highest BCUT2D eigenvalue weighted by molar-refractivity contribution is 5.98. The Labute approximate surface area is 274 Å². The van der Waals surface area contributed by atoms with Gasteiger partial charge in [0, 0.05) is 23.2 Å². The quantitative estimate of drug-likeness (QED) is 0.276. The monoisotopic (exact) mass is 656 g/mol. The number of nitrogens with one attached hydrogen (secondary N) is 1. The van der Waals surface area contributed by atoms with Gasteiger partial charge in [-0.2, -0.15) is 0 Å². The number of carbonyl (C=O) groups is 3. The van der Waals surface area contributed by atoms with Crippen molar-refractivity contribution >= 4 is 18.0 Å². The number of methoxy groups -OCH3 is 3. The number of cyclic esters (lactones) is 1. The molecule has 1 amide bonds. The first-order chi connectivity index (χ1) is 22.3. The first-order valence-electron chi connectivity index (χ1n) is 15.7. The number of benzene rings is 2. The normalized spacial score (nSPS) is 19.6. The zero-order chi connectivity index (χ0) is 34.2. The number of rotatable bonds is 10. The Bertz CT molecular complexity index is 1550. The lowest BCUT2D eigenvalue weighted by Crippen LogP contribution is -2.47. The number of fused-ring (bicyclic) bond motifs is 3. The third-order valence-electron chi connectivity index (χ3n) is 8.82. The van der Waals surface area contributed by atoms with E-state index in [1.165, 1.54) is 14.2 Å². The summed E-state index contributed by atoms with van der Waals surface area (Å²) < 4.78 is 46.2. The summed E-state index contributed by atoms with van der Waals surface area (Å²) in [6, 6.07) is 2.12. The summed E-state index contributed by atoms with van der Waals surface area (Å²) in [5.74, 6) is 0.617. The van der Waals surface area contributed by atoms with E-state index in [0.717, 1.165) is 11.1 Å². The molecule has 0 aliphatic carbocycles. The van der Waals surface area contributed by atoms with Crippen LogP contribution >= 0.6 is 0 Å². The first-order valence-corrected chi connectivity index (χ1v) is 15.7. The van der Waals surface area contributed by atoms with Gasteiger partial charge in [0.25, 0.3) is 0 Å². The summed E-state index contributed by atoms with van der Waals surface area (Å²) >= 11 is 0. The molecular weight excluding hydrogens is 612 g/mol. The van der Waals surface area contributed by atoms with Crippen LogP contribution in [0.3, 0.4) is 0 Å². The Balaban J connectivity index is 1.54. The number of ether oxygens (including phenoxy) is 8. The predicted molar refractivity (Wildman–Crippen MR) is 168 cm³/mol. The fraction of sp³-hybridized carbons (Fsp3) is 0.559. The van der Waals surface area contributed by atoms with Crippen molar-refractivity contribution in [2.24, 2.45) is 5.92 Å². The van der Waals surface area contributed by atoms with Crippen molar-refractivity contribution in [2.75, 3.05) is 41.7 Å². The van der Waals surface area contributed by atoms with Crippen LogP contribution in [0.5, 0.6) is 28.7 Å². The third kappa shape index (κ3) is 6.32. The molecule has 0 bridgehead atoms. The van der Waals surface area contributed by atoms with Crippen LogP contribution in [-0.2, 0) is 32.0 Å². The van der Waals surface area contributed by atoms with E-state index in [1.807, 2.05) is 27.0 Å². The number of hydrogen-bond acceptors (Lipinski definition) is 12. The molecule has 256 valence electrons. The van der Waals surface area contributed by atoms with Gasteiger partial charge < -0.3 is 43.2 Å². The fourth-order valence-electron chi connectivity index (χ4n) is 6.41. The van der Waals surface area contributed by atoms with Gasteiger partial charge in [0.15, 0.2) is 23.0 Å². The van der Waals surface area contributed by atoms with Gasteiger partial charge in [-0.15, -0.1) is 0 Å². The smallest absolute Gasteiger partial charge is 0.408 e. The lowest BCUT2D eigenvalue weighted by atomic mass is 9.83. The molecule has 3 aliphatic rings. The van der Waals surface area contributed by atoms with Crippen molar-refractivity contribution in [3.63, 3.8) is 0 Å². The SMILES string of the molecule is CCC(C)C(NC(=O)OC(C)(C)C)C(=O)OCc1c2c(c(OC)c3c1OCO3)C(C1OC(=O)c3c1ccc(OC)c3OC)N(C)CC2. The molecule has 4 atom stereocenters. The number of carbonyl (C=O) groups excluding carboxylic acids is 3. The van der Waals surface area contributed by atoms with Crippen LogP contribution in [0.1, 0.15) is 85.8 Å². The molecule has 4 unspecified atom stereocenters. The molecule has 2 aromatic carbocycles. The molecule has 0 fully saturated rings. The maximum absolute atomic E-state index is 13.5. The maximum atomic E-state index is 13.5. The Kier molecular flexibility index (Phi) is 9.67. The number of amides is 1. The van der Waals surface area contributed by atoms with E-state index in [-0.39, 0.29) is 19.3 Å². The molecule has 13 heteroatoms. The van der Waals surface area contributed by atoms with Crippen LogP contribution in [0.2, 0.25) is 0 Å². The first kappa shape index (κ1) is 34.0. The molecule has 1 N–H and O–H groups in total. The molecular formula is C34H44N2O11. The number of esters is 2. The van der Waals surface area contributed by atoms with Gasteiger partial charge >= 0.3 is 18.0 Å². The van der Waals surface area contributed by atoms with Gasteiger partial charge in [0.05, 0.1) is 27.4 Å². The van der Waals surface area contributed by atoms with Crippen LogP contribution < -0.4 is 29.0 Å². The zero-order valence-corrected chi connectivity index (χ0v) is 28.4. The highest BCUT2D eigenvalue weighted by atomic mass is 16.7. The Hall–Kier alpha value is -4.39. The summed E-state index contributed by atoms with van der Waals surface area (Å²) in [4.78, 5) is 41.6. The van der Waals surface area contributed by atoms with Crippen molar-refractivity contribution in [2.45, 2.75) is 77.9 Å². The van der Waals surface area contributed by atoms with Gasteiger partial charge in [-0.3, -0.25) is 4.90 Å². The average molecular weight is 657 g/mol. The second-order valence-corrected chi connectivity index (χ2v) is 12.9. The topological polar surface area (TPSA) is 140 Å². The second-order valence-electron chi connectivity index (χ2n) is 12.9. The van der Waals surface area contributed by atoms with Crippen molar-refractivity contribution in [3.8, 4) is 28.7 Å². The van der Waals surface area contributed by atoms with Crippen molar-refractivity contribution < 1.29 is 52.3 Å². The van der Waals surface area contributed by atoms with Crippen LogP contribution in [-0.4, -0.2) is 76.3 Å². The largest absolute Gasteiger partial charge is 0.493 e. The van der Waals surface area contributed by atoms with E-state index in [4.69, 9.17) is 37.9 Å². The molecule has 0 saturated heterocycles. The minimum atomic E-state index is -0.936. The fourth-order valence-corrected chi connectivity index (χ4v) is 6.41.